The second-order valence-corrected chi connectivity index (χ2v) is 8.72. The Bertz CT molecular complexity index is 720. The summed E-state index contributed by atoms with van der Waals surface area (Å²) in [6, 6.07) is -4.03. The van der Waals surface area contributed by atoms with Crippen molar-refractivity contribution in [2.24, 2.45) is 33.8 Å². The Morgan fingerprint density at radius 3 is 2.06 bits per heavy atom. The number of unbranched alkanes of at least 4 members (excludes halogenated alkanes) is 1. The highest BCUT2D eigenvalue weighted by molar-refractivity contribution is 7.80. The van der Waals surface area contributed by atoms with Crippen LogP contribution in [0, 0.1) is 5.92 Å². The number of carboxylic acid groups (broad SMARTS) is 1. The first-order chi connectivity index (χ1) is 16.5. The van der Waals surface area contributed by atoms with Crippen LogP contribution in [0.15, 0.2) is 4.99 Å². The molecule has 0 saturated heterocycles. The maximum atomic E-state index is 13.1. The molecule has 0 aromatic heterocycles. The maximum Gasteiger partial charge on any atom is 0.326 e. The van der Waals surface area contributed by atoms with Crippen LogP contribution in [0.4, 0.5) is 0 Å². The van der Waals surface area contributed by atoms with Crippen LogP contribution in [0.1, 0.15) is 52.4 Å². The largest absolute Gasteiger partial charge is 0.480 e. The highest BCUT2D eigenvalue weighted by Crippen LogP contribution is 2.11. The van der Waals surface area contributed by atoms with Crippen LogP contribution in [0.25, 0.3) is 0 Å². The fraction of sp³-hybridized carbons (Fsp3) is 0.762. The standard InChI is InChI=1S/C21H42N8O5S/c1-3-12(2)16(19(32)28-15(20(33)34)8-6-10-26-21(24)25)29-18(31)14(7-4-5-9-22)27-17(30)13(23)11-35/h12-16,35H,3-11,22-23H2,1-2H3,(H,27,30)(H,28,32)(H,29,31)(H,33,34)(H4,24,25,26). The molecule has 3 amide bonds. The van der Waals surface area contributed by atoms with Crippen molar-refractivity contribution in [2.45, 2.75) is 76.5 Å². The van der Waals surface area contributed by atoms with Gasteiger partial charge in [-0.3, -0.25) is 19.4 Å². The van der Waals surface area contributed by atoms with Crippen molar-refractivity contribution in [3.63, 3.8) is 0 Å². The molecule has 13 nitrogen and oxygen atoms in total. The van der Waals surface area contributed by atoms with Gasteiger partial charge in [-0.2, -0.15) is 12.6 Å². The topological polar surface area (TPSA) is 241 Å². The monoisotopic (exact) mass is 518 g/mol. The molecule has 0 rings (SSSR count). The molecule has 12 N–H and O–H groups in total. The lowest BCUT2D eigenvalue weighted by atomic mass is 9.96. The van der Waals surface area contributed by atoms with E-state index in [0.29, 0.717) is 38.6 Å². The van der Waals surface area contributed by atoms with E-state index in [1.165, 1.54) is 0 Å². The Morgan fingerprint density at radius 2 is 1.54 bits per heavy atom. The molecule has 5 atom stereocenters. The van der Waals surface area contributed by atoms with Crippen molar-refractivity contribution >= 4 is 42.3 Å². The second-order valence-electron chi connectivity index (χ2n) is 8.35. The zero-order valence-electron chi connectivity index (χ0n) is 20.5. The van der Waals surface area contributed by atoms with Crippen LogP contribution in [0.2, 0.25) is 0 Å². The summed E-state index contributed by atoms with van der Waals surface area (Å²) in [6.45, 7) is 4.24. The van der Waals surface area contributed by atoms with Crippen molar-refractivity contribution in [1.82, 2.24) is 16.0 Å². The predicted octanol–water partition coefficient (Wildman–Crippen LogP) is -1.99. The molecule has 0 aliphatic carbocycles. The molecular weight excluding hydrogens is 476 g/mol. The van der Waals surface area contributed by atoms with Crippen LogP contribution in [-0.2, 0) is 19.2 Å². The highest BCUT2D eigenvalue weighted by Gasteiger charge is 2.32. The van der Waals surface area contributed by atoms with Crippen LogP contribution >= 0.6 is 12.6 Å². The van der Waals surface area contributed by atoms with E-state index >= 15 is 0 Å². The summed E-state index contributed by atoms with van der Waals surface area (Å²) in [7, 11) is 0. The van der Waals surface area contributed by atoms with Gasteiger partial charge in [-0.1, -0.05) is 20.3 Å². The zero-order valence-corrected chi connectivity index (χ0v) is 21.4. The van der Waals surface area contributed by atoms with Gasteiger partial charge in [0.1, 0.15) is 18.1 Å². The molecule has 0 spiro atoms. The highest BCUT2D eigenvalue weighted by atomic mass is 32.1. The van der Waals surface area contributed by atoms with Crippen molar-refractivity contribution in [3.8, 4) is 0 Å². The number of aliphatic carboxylic acids is 1. The Hall–Kier alpha value is -2.58. The van der Waals surface area contributed by atoms with Gasteiger partial charge in [0.2, 0.25) is 17.7 Å². The van der Waals surface area contributed by atoms with E-state index in [-0.39, 0.29) is 30.6 Å². The number of hydrogen-bond acceptors (Lipinski definition) is 8. The number of hydrogen-bond donors (Lipinski definition) is 9. The molecule has 0 aromatic carbocycles. The van der Waals surface area contributed by atoms with E-state index in [9.17, 15) is 24.3 Å². The average Bonchev–Trinajstić information content (AvgIpc) is 2.81. The summed E-state index contributed by atoms with van der Waals surface area (Å²) in [5.74, 6) is -3.28. The van der Waals surface area contributed by atoms with Gasteiger partial charge in [-0.25, -0.2) is 4.79 Å². The van der Waals surface area contributed by atoms with Crippen LogP contribution in [-0.4, -0.2) is 77.8 Å². The SMILES string of the molecule is CCC(C)C(NC(=O)C(CCCCN)NC(=O)C(N)CS)C(=O)NC(CCCN=C(N)N)C(=O)O. The summed E-state index contributed by atoms with van der Waals surface area (Å²) in [5.41, 5.74) is 21.8. The zero-order chi connectivity index (χ0) is 27.0. The molecule has 0 fully saturated rings. The molecule has 202 valence electrons. The Kier molecular flexibility index (Phi) is 16.5. The number of carboxylic acids is 1. The summed E-state index contributed by atoms with van der Waals surface area (Å²) in [6.07, 6.45) is 2.48. The molecule has 0 aromatic rings. The van der Waals surface area contributed by atoms with Crippen molar-refractivity contribution in [3.05, 3.63) is 0 Å². The lowest BCUT2D eigenvalue weighted by Gasteiger charge is -2.28. The lowest BCUT2D eigenvalue weighted by molar-refractivity contribution is -0.143. The normalized spacial score (nSPS) is 15.1. The summed E-state index contributed by atoms with van der Waals surface area (Å²) < 4.78 is 0. The van der Waals surface area contributed by atoms with E-state index in [0.717, 1.165) is 0 Å². The fourth-order valence-corrected chi connectivity index (χ4v) is 3.27. The number of carbonyl (C=O) groups is 4. The second kappa shape index (κ2) is 17.8. The average molecular weight is 519 g/mol. The van der Waals surface area contributed by atoms with Crippen molar-refractivity contribution in [1.29, 1.82) is 0 Å². The van der Waals surface area contributed by atoms with Gasteiger partial charge in [0.15, 0.2) is 5.96 Å². The van der Waals surface area contributed by atoms with E-state index < -0.39 is 47.9 Å². The van der Waals surface area contributed by atoms with Crippen LogP contribution in [0.5, 0.6) is 0 Å². The van der Waals surface area contributed by atoms with Gasteiger partial charge >= 0.3 is 5.97 Å². The number of carbonyl (C=O) groups excluding carboxylic acids is 3. The minimum Gasteiger partial charge on any atom is -0.480 e. The number of amides is 3. The summed E-state index contributed by atoms with van der Waals surface area (Å²) >= 11 is 4.00. The number of nitrogens with one attached hydrogen (secondary N) is 3. The Balaban J connectivity index is 5.46. The predicted molar refractivity (Wildman–Crippen MR) is 138 cm³/mol. The minimum absolute atomic E-state index is 0.0956. The van der Waals surface area contributed by atoms with Crippen LogP contribution in [0.3, 0.4) is 0 Å². The molecule has 0 saturated carbocycles. The van der Waals surface area contributed by atoms with Gasteiger partial charge < -0.3 is 44.0 Å². The third-order valence-corrected chi connectivity index (χ3v) is 5.86. The van der Waals surface area contributed by atoms with Gasteiger partial charge in [0.05, 0.1) is 6.04 Å². The summed E-state index contributed by atoms with van der Waals surface area (Å²) in [5, 5.41) is 17.3. The van der Waals surface area contributed by atoms with Gasteiger partial charge in [-0.15, -0.1) is 0 Å². The van der Waals surface area contributed by atoms with Gasteiger partial charge in [0, 0.05) is 12.3 Å². The minimum atomic E-state index is -1.22. The fourth-order valence-electron chi connectivity index (χ4n) is 3.10. The number of guanidine groups is 1. The summed E-state index contributed by atoms with van der Waals surface area (Å²) in [4.78, 5) is 53.8. The smallest absolute Gasteiger partial charge is 0.326 e. The molecule has 0 radical (unpaired) electrons. The number of thiol groups is 1. The number of nitrogens with zero attached hydrogens (tertiary/aromatic N) is 1. The molecule has 0 aliphatic heterocycles. The van der Waals surface area contributed by atoms with E-state index in [2.05, 4.69) is 33.6 Å². The third kappa shape index (κ3) is 13.2. The van der Waals surface area contributed by atoms with Crippen LogP contribution < -0.4 is 38.9 Å². The lowest BCUT2D eigenvalue weighted by Crippen LogP contribution is -2.58. The van der Waals surface area contributed by atoms with Crippen molar-refractivity contribution < 1.29 is 24.3 Å². The van der Waals surface area contributed by atoms with Crippen molar-refractivity contribution in [2.75, 3.05) is 18.8 Å². The first-order valence-corrected chi connectivity index (χ1v) is 12.4. The molecule has 0 heterocycles. The number of rotatable bonds is 18. The molecule has 5 unspecified atom stereocenters. The first kappa shape index (κ1) is 32.4. The molecule has 0 bridgehead atoms. The number of aliphatic imine (C=N–C) groups is 1. The maximum absolute atomic E-state index is 13.1. The first-order valence-electron chi connectivity index (χ1n) is 11.7. The van der Waals surface area contributed by atoms with E-state index in [1.54, 1.807) is 6.92 Å². The third-order valence-electron chi connectivity index (χ3n) is 5.47. The number of nitrogens with two attached hydrogens (primary N) is 4. The van der Waals surface area contributed by atoms with E-state index in [1.807, 2.05) is 6.92 Å². The molecule has 0 aliphatic rings. The Morgan fingerprint density at radius 1 is 0.943 bits per heavy atom. The molecule has 14 heteroatoms. The van der Waals surface area contributed by atoms with E-state index in [4.69, 9.17) is 22.9 Å². The Labute approximate surface area is 212 Å². The quantitative estimate of drug-likeness (QED) is 0.0421. The molecular formula is C21H42N8O5S. The van der Waals surface area contributed by atoms with Gasteiger partial charge in [0.25, 0.3) is 0 Å². The molecule has 35 heavy (non-hydrogen) atoms. The van der Waals surface area contributed by atoms with Gasteiger partial charge in [-0.05, 0) is 44.6 Å².